The molecule has 8 nitrogen and oxygen atoms in total. The summed E-state index contributed by atoms with van der Waals surface area (Å²) in [5.41, 5.74) is 3.77. The molecule has 0 bridgehead atoms. The second-order valence-corrected chi connectivity index (χ2v) is 7.75. The first-order valence-corrected chi connectivity index (χ1v) is 10.3. The van der Waals surface area contributed by atoms with Gasteiger partial charge < -0.3 is 5.11 Å². The average molecular weight is 444 g/mol. The van der Waals surface area contributed by atoms with E-state index in [9.17, 15) is 20.0 Å². The summed E-state index contributed by atoms with van der Waals surface area (Å²) in [5, 5.41) is 25.9. The second kappa shape index (κ2) is 9.27. The smallest absolute Gasteiger partial charge is 0.283 e. The Morgan fingerprint density at radius 1 is 1.06 bits per heavy atom. The van der Waals surface area contributed by atoms with Crippen LogP contribution in [0.2, 0.25) is 0 Å². The van der Waals surface area contributed by atoms with Gasteiger partial charge in [-0.1, -0.05) is 36.0 Å². The standard InChI is InChI=1S/C23H16N4O4S/c28-17-5-1-4-16(13-17)23(29)26-25-14-15-9-10-22(20(12-15)27(30)31)32-21-8-2-7-19-18(21)6-3-11-24-19/h1-14,28H,(H,26,29)/b25-14-. The molecule has 0 saturated heterocycles. The summed E-state index contributed by atoms with van der Waals surface area (Å²) < 4.78 is 0. The fraction of sp³-hybridized carbons (Fsp3) is 0. The summed E-state index contributed by atoms with van der Waals surface area (Å²) in [6, 6.07) is 20.0. The van der Waals surface area contributed by atoms with Gasteiger partial charge in [0.2, 0.25) is 0 Å². The molecule has 0 atom stereocenters. The highest BCUT2D eigenvalue weighted by molar-refractivity contribution is 7.99. The number of hydrogen-bond donors (Lipinski definition) is 2. The molecule has 32 heavy (non-hydrogen) atoms. The fourth-order valence-electron chi connectivity index (χ4n) is 3.00. The number of phenolic OH excluding ortho intramolecular Hbond substituents is 1. The van der Waals surface area contributed by atoms with Crippen molar-refractivity contribution in [2.24, 2.45) is 5.10 Å². The third kappa shape index (κ3) is 4.73. The van der Waals surface area contributed by atoms with Gasteiger partial charge in [0.1, 0.15) is 5.75 Å². The highest BCUT2D eigenvalue weighted by Crippen LogP contribution is 2.38. The van der Waals surface area contributed by atoms with Crippen molar-refractivity contribution in [3.63, 3.8) is 0 Å². The first kappa shape index (κ1) is 21.0. The Morgan fingerprint density at radius 2 is 1.91 bits per heavy atom. The highest BCUT2D eigenvalue weighted by atomic mass is 32.2. The zero-order chi connectivity index (χ0) is 22.5. The van der Waals surface area contributed by atoms with E-state index in [-0.39, 0.29) is 17.0 Å². The van der Waals surface area contributed by atoms with Gasteiger partial charge >= 0.3 is 0 Å². The van der Waals surface area contributed by atoms with Crippen molar-refractivity contribution in [1.82, 2.24) is 10.4 Å². The van der Waals surface area contributed by atoms with Gasteiger partial charge in [-0.2, -0.15) is 5.10 Å². The summed E-state index contributed by atoms with van der Waals surface area (Å²) in [6.45, 7) is 0. The number of fused-ring (bicyclic) bond motifs is 1. The van der Waals surface area contributed by atoms with Gasteiger partial charge in [-0.3, -0.25) is 19.9 Å². The lowest BCUT2D eigenvalue weighted by Gasteiger charge is -2.07. The minimum atomic E-state index is -0.511. The predicted octanol–water partition coefficient (Wildman–Crippen LogP) is 4.76. The minimum Gasteiger partial charge on any atom is -0.508 e. The molecule has 1 amide bonds. The van der Waals surface area contributed by atoms with Crippen LogP contribution in [0, 0.1) is 10.1 Å². The van der Waals surface area contributed by atoms with Gasteiger partial charge in [-0.05, 0) is 42.5 Å². The maximum Gasteiger partial charge on any atom is 0.283 e. The zero-order valence-electron chi connectivity index (χ0n) is 16.5. The number of benzene rings is 3. The molecule has 0 aliphatic carbocycles. The Labute approximate surface area is 186 Å². The molecule has 2 N–H and O–H groups in total. The number of aromatic nitrogens is 1. The number of aromatic hydroxyl groups is 1. The van der Waals surface area contributed by atoms with Crippen LogP contribution in [-0.2, 0) is 0 Å². The van der Waals surface area contributed by atoms with Crippen molar-refractivity contribution >= 4 is 40.5 Å². The number of nitro groups is 1. The molecule has 0 aliphatic heterocycles. The molecule has 1 aromatic heterocycles. The van der Waals surface area contributed by atoms with Gasteiger partial charge in [0.05, 0.1) is 21.6 Å². The van der Waals surface area contributed by atoms with Gasteiger partial charge in [-0.25, -0.2) is 5.43 Å². The Balaban J connectivity index is 1.54. The van der Waals surface area contributed by atoms with Crippen LogP contribution >= 0.6 is 11.8 Å². The molecule has 0 fully saturated rings. The molecule has 0 spiro atoms. The number of hydrogen-bond acceptors (Lipinski definition) is 7. The number of phenols is 1. The Kier molecular flexibility index (Phi) is 6.09. The van der Waals surface area contributed by atoms with Crippen molar-refractivity contribution in [3.05, 3.63) is 100 Å². The van der Waals surface area contributed by atoms with Crippen LogP contribution in [0.1, 0.15) is 15.9 Å². The topological polar surface area (TPSA) is 118 Å². The molecule has 158 valence electrons. The maximum absolute atomic E-state index is 12.1. The summed E-state index contributed by atoms with van der Waals surface area (Å²) >= 11 is 1.29. The van der Waals surface area contributed by atoms with E-state index in [1.807, 2.05) is 30.3 Å². The minimum absolute atomic E-state index is 0.0349. The molecule has 0 saturated carbocycles. The number of carbonyl (C=O) groups is 1. The number of pyridine rings is 1. The van der Waals surface area contributed by atoms with Crippen LogP contribution in [0.25, 0.3) is 10.9 Å². The van der Waals surface area contributed by atoms with Crippen LogP contribution in [0.5, 0.6) is 5.75 Å². The van der Waals surface area contributed by atoms with Crippen LogP contribution in [0.4, 0.5) is 5.69 Å². The number of nitro benzene ring substituents is 1. The molecular weight excluding hydrogens is 428 g/mol. The van der Waals surface area contributed by atoms with Crippen LogP contribution in [-0.4, -0.2) is 27.1 Å². The lowest BCUT2D eigenvalue weighted by atomic mass is 10.2. The van der Waals surface area contributed by atoms with Crippen molar-refractivity contribution in [1.29, 1.82) is 0 Å². The van der Waals surface area contributed by atoms with E-state index in [2.05, 4.69) is 15.5 Å². The normalized spacial score (nSPS) is 11.0. The van der Waals surface area contributed by atoms with Gasteiger partial charge in [0, 0.05) is 33.7 Å². The number of carbonyl (C=O) groups excluding carboxylic acids is 1. The molecule has 0 radical (unpaired) electrons. The van der Waals surface area contributed by atoms with Crippen molar-refractivity contribution in [2.45, 2.75) is 9.79 Å². The predicted molar refractivity (Wildman–Crippen MR) is 122 cm³/mol. The van der Waals surface area contributed by atoms with Crippen molar-refractivity contribution in [2.75, 3.05) is 0 Å². The van der Waals surface area contributed by atoms with Gasteiger partial charge in [-0.15, -0.1) is 0 Å². The highest BCUT2D eigenvalue weighted by Gasteiger charge is 2.16. The summed E-state index contributed by atoms with van der Waals surface area (Å²) in [7, 11) is 0. The van der Waals surface area contributed by atoms with Gasteiger partial charge in [0.15, 0.2) is 0 Å². The quantitative estimate of drug-likeness (QED) is 0.251. The molecule has 4 aromatic rings. The van der Waals surface area contributed by atoms with Gasteiger partial charge in [0.25, 0.3) is 11.6 Å². The molecule has 0 unspecified atom stereocenters. The van der Waals surface area contributed by atoms with E-state index < -0.39 is 10.8 Å². The molecule has 9 heteroatoms. The summed E-state index contributed by atoms with van der Waals surface area (Å²) in [4.78, 5) is 28.9. The van der Waals surface area contributed by atoms with E-state index >= 15 is 0 Å². The largest absolute Gasteiger partial charge is 0.508 e. The van der Waals surface area contributed by atoms with E-state index in [4.69, 9.17) is 0 Å². The molecule has 1 heterocycles. The molecule has 3 aromatic carbocycles. The van der Waals surface area contributed by atoms with Crippen LogP contribution in [0.15, 0.2) is 93.9 Å². The Hall–Kier alpha value is -4.24. The fourth-order valence-corrected chi connectivity index (χ4v) is 4.04. The van der Waals surface area contributed by atoms with E-state index in [0.29, 0.717) is 10.5 Å². The number of nitrogens with one attached hydrogen (secondary N) is 1. The molecule has 4 rings (SSSR count). The average Bonchev–Trinajstić information content (AvgIpc) is 2.80. The molecule has 0 aliphatic rings. The van der Waals surface area contributed by atoms with Crippen LogP contribution < -0.4 is 5.43 Å². The Bertz CT molecular complexity index is 1350. The van der Waals surface area contributed by atoms with E-state index in [1.54, 1.807) is 24.4 Å². The van der Waals surface area contributed by atoms with Crippen molar-refractivity contribution < 1.29 is 14.8 Å². The first-order chi connectivity index (χ1) is 15.5. The zero-order valence-corrected chi connectivity index (χ0v) is 17.3. The third-order valence-electron chi connectivity index (χ3n) is 4.49. The number of rotatable bonds is 6. The van der Waals surface area contributed by atoms with Crippen LogP contribution in [0.3, 0.4) is 0 Å². The maximum atomic E-state index is 12.1. The monoisotopic (exact) mass is 444 g/mol. The lowest BCUT2D eigenvalue weighted by molar-refractivity contribution is -0.387. The molecular formula is C23H16N4O4S. The van der Waals surface area contributed by atoms with E-state index in [1.165, 1.54) is 42.2 Å². The number of hydrazone groups is 1. The third-order valence-corrected chi connectivity index (χ3v) is 5.63. The van der Waals surface area contributed by atoms with Crippen molar-refractivity contribution in [3.8, 4) is 5.75 Å². The second-order valence-electron chi connectivity index (χ2n) is 6.66. The lowest BCUT2D eigenvalue weighted by Crippen LogP contribution is -2.17. The summed E-state index contributed by atoms with van der Waals surface area (Å²) in [6.07, 6.45) is 3.02. The SMILES string of the molecule is O=C(N/N=C\c1ccc(Sc2cccc3ncccc23)c([N+](=O)[O-])c1)c1cccc(O)c1. The first-order valence-electron chi connectivity index (χ1n) is 9.44. The summed E-state index contributed by atoms with van der Waals surface area (Å²) in [5.74, 6) is -0.546. The Morgan fingerprint density at radius 3 is 2.72 bits per heavy atom. The van der Waals surface area contributed by atoms with E-state index in [0.717, 1.165) is 15.8 Å². The number of amides is 1. The number of nitrogens with zero attached hydrogens (tertiary/aromatic N) is 3.